The third-order valence-corrected chi connectivity index (χ3v) is 4.67. The molecule has 20 heavy (non-hydrogen) atoms. The van der Waals surface area contributed by atoms with E-state index in [9.17, 15) is 8.42 Å². The first kappa shape index (κ1) is 15.0. The van der Waals surface area contributed by atoms with Crippen molar-refractivity contribution in [1.82, 2.24) is 4.72 Å². The van der Waals surface area contributed by atoms with E-state index in [1.54, 1.807) is 24.3 Å². The van der Waals surface area contributed by atoms with Crippen molar-refractivity contribution < 1.29 is 8.42 Å². The number of sulfonamides is 1. The summed E-state index contributed by atoms with van der Waals surface area (Å²) in [5.41, 5.74) is 2.89. The molecule has 0 fully saturated rings. The van der Waals surface area contributed by atoms with Gasteiger partial charge in [0.15, 0.2) is 0 Å². The SMILES string of the molecule is Cc1ccc(S(=O)(=O)NCc2cccc(CCl)c2)cc1. The zero-order valence-corrected chi connectivity index (χ0v) is 12.7. The number of benzene rings is 2. The van der Waals surface area contributed by atoms with Crippen LogP contribution in [0.15, 0.2) is 53.4 Å². The molecule has 2 aromatic rings. The summed E-state index contributed by atoms with van der Waals surface area (Å²) in [6, 6.07) is 14.3. The molecule has 0 bridgehead atoms. The first-order valence-corrected chi connectivity index (χ1v) is 8.23. The lowest BCUT2D eigenvalue weighted by molar-refractivity contribution is 0.581. The minimum Gasteiger partial charge on any atom is -0.207 e. The van der Waals surface area contributed by atoms with Gasteiger partial charge in [0, 0.05) is 12.4 Å². The number of halogens is 1. The molecule has 0 aliphatic rings. The van der Waals surface area contributed by atoms with Crippen LogP contribution in [0.2, 0.25) is 0 Å². The molecule has 0 radical (unpaired) electrons. The minimum atomic E-state index is -3.48. The van der Waals surface area contributed by atoms with Gasteiger partial charge in [-0.15, -0.1) is 11.6 Å². The Hall–Kier alpha value is -1.36. The van der Waals surface area contributed by atoms with Crippen molar-refractivity contribution in [2.75, 3.05) is 0 Å². The predicted octanol–water partition coefficient (Wildman–Crippen LogP) is 3.21. The lowest BCUT2D eigenvalue weighted by Gasteiger charge is -2.08. The third kappa shape index (κ3) is 3.82. The summed E-state index contributed by atoms with van der Waals surface area (Å²) in [7, 11) is -3.48. The van der Waals surface area contributed by atoms with Gasteiger partial charge in [-0.1, -0.05) is 42.0 Å². The van der Waals surface area contributed by atoms with Crippen LogP contribution in [-0.2, 0) is 22.4 Å². The van der Waals surface area contributed by atoms with E-state index >= 15 is 0 Å². The van der Waals surface area contributed by atoms with Crippen molar-refractivity contribution in [3.05, 3.63) is 65.2 Å². The van der Waals surface area contributed by atoms with E-state index in [1.807, 2.05) is 31.2 Å². The smallest absolute Gasteiger partial charge is 0.207 e. The average Bonchev–Trinajstić information content (AvgIpc) is 2.46. The summed E-state index contributed by atoms with van der Waals surface area (Å²) in [6.07, 6.45) is 0. The van der Waals surface area contributed by atoms with E-state index in [0.29, 0.717) is 5.88 Å². The molecule has 5 heteroatoms. The van der Waals surface area contributed by atoms with Gasteiger partial charge in [-0.2, -0.15) is 0 Å². The van der Waals surface area contributed by atoms with Crippen molar-refractivity contribution in [2.24, 2.45) is 0 Å². The maximum Gasteiger partial charge on any atom is 0.240 e. The molecule has 0 aliphatic carbocycles. The highest BCUT2D eigenvalue weighted by Gasteiger charge is 2.13. The Morgan fingerprint density at radius 1 is 1.05 bits per heavy atom. The third-order valence-electron chi connectivity index (χ3n) is 2.94. The van der Waals surface area contributed by atoms with E-state index in [4.69, 9.17) is 11.6 Å². The average molecular weight is 310 g/mol. The summed E-state index contributed by atoms with van der Waals surface area (Å²) < 4.78 is 26.9. The second-order valence-corrected chi connectivity index (χ2v) is 6.63. The van der Waals surface area contributed by atoms with Crippen molar-refractivity contribution in [2.45, 2.75) is 24.2 Å². The Balaban J connectivity index is 2.10. The van der Waals surface area contributed by atoms with Crippen molar-refractivity contribution >= 4 is 21.6 Å². The normalized spacial score (nSPS) is 11.5. The molecule has 1 N–H and O–H groups in total. The fourth-order valence-corrected chi connectivity index (χ4v) is 2.99. The summed E-state index contributed by atoms with van der Waals surface area (Å²) >= 11 is 5.76. The first-order chi connectivity index (χ1) is 9.51. The molecule has 0 atom stereocenters. The number of hydrogen-bond donors (Lipinski definition) is 1. The van der Waals surface area contributed by atoms with Crippen LogP contribution in [-0.4, -0.2) is 8.42 Å². The van der Waals surface area contributed by atoms with Gasteiger partial charge in [0.1, 0.15) is 0 Å². The second-order valence-electron chi connectivity index (χ2n) is 4.59. The van der Waals surface area contributed by atoms with Gasteiger partial charge in [-0.25, -0.2) is 13.1 Å². The minimum absolute atomic E-state index is 0.251. The topological polar surface area (TPSA) is 46.2 Å². The Kier molecular flexibility index (Phi) is 4.81. The maximum absolute atomic E-state index is 12.1. The zero-order chi connectivity index (χ0) is 14.6. The number of rotatable bonds is 5. The highest BCUT2D eigenvalue weighted by molar-refractivity contribution is 7.89. The maximum atomic E-state index is 12.1. The molecule has 0 spiro atoms. The molecule has 0 unspecified atom stereocenters. The van der Waals surface area contributed by atoms with Gasteiger partial charge in [0.2, 0.25) is 10.0 Å². The molecular weight excluding hydrogens is 294 g/mol. The van der Waals surface area contributed by atoms with Gasteiger partial charge < -0.3 is 0 Å². The lowest BCUT2D eigenvalue weighted by Crippen LogP contribution is -2.23. The number of aryl methyl sites for hydroxylation is 1. The predicted molar refractivity (Wildman–Crippen MR) is 81.2 cm³/mol. The number of nitrogens with one attached hydrogen (secondary N) is 1. The van der Waals surface area contributed by atoms with E-state index in [0.717, 1.165) is 16.7 Å². The fourth-order valence-electron chi connectivity index (χ4n) is 1.80. The van der Waals surface area contributed by atoms with Gasteiger partial charge >= 0.3 is 0 Å². The first-order valence-electron chi connectivity index (χ1n) is 6.21. The summed E-state index contributed by atoms with van der Waals surface area (Å²) in [5.74, 6) is 0.415. The van der Waals surface area contributed by atoms with E-state index in [1.165, 1.54) is 0 Å². The summed E-state index contributed by atoms with van der Waals surface area (Å²) in [4.78, 5) is 0.275. The molecule has 0 amide bonds. The summed E-state index contributed by atoms with van der Waals surface area (Å²) in [6.45, 7) is 2.17. The number of hydrogen-bond acceptors (Lipinski definition) is 2. The zero-order valence-electron chi connectivity index (χ0n) is 11.1. The van der Waals surface area contributed by atoms with Gasteiger partial charge in [0.05, 0.1) is 4.90 Å². The van der Waals surface area contributed by atoms with E-state index in [2.05, 4.69) is 4.72 Å². The van der Waals surface area contributed by atoms with Crippen molar-refractivity contribution in [3.8, 4) is 0 Å². The molecule has 2 rings (SSSR count). The molecule has 0 aliphatic heterocycles. The Labute approximate surface area is 124 Å². The molecule has 2 aromatic carbocycles. The van der Waals surface area contributed by atoms with Gasteiger partial charge in [0.25, 0.3) is 0 Å². The van der Waals surface area contributed by atoms with Crippen LogP contribution in [0.25, 0.3) is 0 Å². The molecule has 0 heterocycles. The van der Waals surface area contributed by atoms with E-state index < -0.39 is 10.0 Å². The molecule has 0 aromatic heterocycles. The highest BCUT2D eigenvalue weighted by Crippen LogP contribution is 2.12. The van der Waals surface area contributed by atoms with Crippen LogP contribution in [0.5, 0.6) is 0 Å². The molecule has 0 saturated heterocycles. The highest BCUT2D eigenvalue weighted by atomic mass is 35.5. The van der Waals surface area contributed by atoms with Crippen LogP contribution in [0, 0.1) is 6.92 Å². The van der Waals surface area contributed by atoms with Crippen LogP contribution in [0.1, 0.15) is 16.7 Å². The molecule has 106 valence electrons. The Morgan fingerprint density at radius 3 is 2.35 bits per heavy atom. The fraction of sp³-hybridized carbons (Fsp3) is 0.200. The molecule has 3 nitrogen and oxygen atoms in total. The van der Waals surface area contributed by atoms with E-state index in [-0.39, 0.29) is 11.4 Å². The quantitative estimate of drug-likeness (QED) is 0.862. The van der Waals surface area contributed by atoms with Crippen LogP contribution >= 0.6 is 11.6 Å². The van der Waals surface area contributed by atoms with Crippen LogP contribution in [0.4, 0.5) is 0 Å². The van der Waals surface area contributed by atoms with Gasteiger partial charge in [-0.3, -0.25) is 0 Å². The van der Waals surface area contributed by atoms with Crippen LogP contribution in [0.3, 0.4) is 0 Å². The monoisotopic (exact) mass is 309 g/mol. The molecule has 0 saturated carbocycles. The number of alkyl halides is 1. The van der Waals surface area contributed by atoms with Gasteiger partial charge in [-0.05, 0) is 30.2 Å². The van der Waals surface area contributed by atoms with Crippen molar-refractivity contribution in [1.29, 1.82) is 0 Å². The Bertz CT molecular complexity index is 681. The standard InChI is InChI=1S/C15H16ClNO2S/c1-12-5-7-15(8-6-12)20(18,19)17-11-14-4-2-3-13(9-14)10-16/h2-9,17H,10-11H2,1H3. The largest absolute Gasteiger partial charge is 0.240 e. The summed E-state index contributed by atoms with van der Waals surface area (Å²) in [5, 5.41) is 0. The lowest BCUT2D eigenvalue weighted by atomic mass is 10.1. The second kappa shape index (κ2) is 6.39. The molecular formula is C15H16ClNO2S. The van der Waals surface area contributed by atoms with Crippen molar-refractivity contribution in [3.63, 3.8) is 0 Å². The Morgan fingerprint density at radius 2 is 1.70 bits per heavy atom. The van der Waals surface area contributed by atoms with Crippen LogP contribution < -0.4 is 4.72 Å².